The van der Waals surface area contributed by atoms with Crippen LogP contribution in [-0.2, 0) is 9.53 Å². The van der Waals surface area contributed by atoms with Crippen molar-refractivity contribution in [3.05, 3.63) is 47.3 Å². The van der Waals surface area contributed by atoms with E-state index >= 15 is 0 Å². The Kier molecular flexibility index (Phi) is 10.9. The fourth-order valence-corrected chi connectivity index (χ4v) is 2.46. The molecule has 0 aromatic carbocycles. The second-order valence-electron chi connectivity index (χ2n) is 5.48. The van der Waals surface area contributed by atoms with Crippen LogP contribution in [0.1, 0.15) is 20.3 Å². The van der Waals surface area contributed by atoms with E-state index < -0.39 is 10.7 Å². The van der Waals surface area contributed by atoms with Crippen LogP contribution in [0.4, 0.5) is 4.39 Å². The first kappa shape index (κ1) is 23.3. The molecule has 1 fully saturated rings. The summed E-state index contributed by atoms with van der Waals surface area (Å²) < 4.78 is 19.6. The second-order valence-corrected chi connectivity index (χ2v) is 6.58. The molecule has 6 nitrogen and oxygen atoms in total. The summed E-state index contributed by atoms with van der Waals surface area (Å²) in [4.78, 5) is 12.1. The summed E-state index contributed by atoms with van der Waals surface area (Å²) in [6.07, 6.45) is 7.01. The third-order valence-corrected chi connectivity index (χ3v) is 4.04. The fraction of sp³-hybridized carbons (Fsp3) is 0.500. The molecule has 0 bridgehead atoms. The molecule has 0 spiro atoms. The van der Waals surface area contributed by atoms with Crippen molar-refractivity contribution in [3.8, 4) is 0 Å². The minimum absolute atomic E-state index is 0.105. The van der Waals surface area contributed by atoms with Crippen LogP contribution in [0.25, 0.3) is 0 Å². The number of ether oxygens (including phenoxy) is 1. The zero-order chi connectivity index (χ0) is 20.2. The first-order valence-electron chi connectivity index (χ1n) is 8.84. The molecule has 27 heavy (non-hydrogen) atoms. The van der Waals surface area contributed by atoms with E-state index in [0.717, 1.165) is 5.70 Å². The standard InChI is InChI=1S/C16H21Cl2FN4O2.C2H6/c17-15(18)16(24)22-10-11(20)9-21-12-1-3-13(19)14(4-2-12)23-5-7-25-8-6-23;1-2/h2-4,9,15,21H,1,5-8,10,20H2,(H,22,24);1-2H3/b11-9-;. The van der Waals surface area contributed by atoms with Crippen molar-refractivity contribution in [3.63, 3.8) is 0 Å². The van der Waals surface area contributed by atoms with Gasteiger partial charge in [0.15, 0.2) is 4.84 Å². The summed E-state index contributed by atoms with van der Waals surface area (Å²) >= 11 is 10.9. The fourth-order valence-electron chi connectivity index (χ4n) is 2.30. The summed E-state index contributed by atoms with van der Waals surface area (Å²) in [5.74, 6) is -0.772. The number of hydrogen-bond acceptors (Lipinski definition) is 5. The van der Waals surface area contributed by atoms with Gasteiger partial charge in [0.1, 0.15) is 5.83 Å². The number of carbonyl (C=O) groups is 1. The minimum atomic E-state index is -1.14. The van der Waals surface area contributed by atoms with E-state index in [9.17, 15) is 9.18 Å². The summed E-state index contributed by atoms with van der Waals surface area (Å²) in [5.41, 5.74) is 7.51. The van der Waals surface area contributed by atoms with Gasteiger partial charge in [-0.15, -0.1) is 0 Å². The number of carbonyl (C=O) groups excluding carboxylic acids is 1. The minimum Gasteiger partial charge on any atom is -0.399 e. The molecule has 1 saturated heterocycles. The van der Waals surface area contributed by atoms with Crippen LogP contribution in [0.3, 0.4) is 0 Å². The number of rotatable bonds is 6. The summed E-state index contributed by atoms with van der Waals surface area (Å²) in [6.45, 7) is 6.62. The van der Waals surface area contributed by atoms with E-state index in [2.05, 4.69) is 10.6 Å². The van der Waals surface area contributed by atoms with Gasteiger partial charge in [0.2, 0.25) is 0 Å². The van der Waals surface area contributed by atoms with E-state index in [1.54, 1.807) is 12.3 Å². The smallest absolute Gasteiger partial charge is 0.253 e. The molecule has 1 heterocycles. The third-order valence-electron chi connectivity index (χ3n) is 3.65. The maximum Gasteiger partial charge on any atom is 0.253 e. The summed E-state index contributed by atoms with van der Waals surface area (Å²) in [6, 6.07) is 0. The van der Waals surface area contributed by atoms with Crippen molar-refractivity contribution in [1.82, 2.24) is 15.5 Å². The summed E-state index contributed by atoms with van der Waals surface area (Å²) in [7, 11) is 0. The Balaban J connectivity index is 0.00000176. The highest BCUT2D eigenvalue weighted by Crippen LogP contribution is 2.22. The van der Waals surface area contributed by atoms with Crippen LogP contribution in [0.5, 0.6) is 0 Å². The highest BCUT2D eigenvalue weighted by Gasteiger charge is 2.18. The number of nitrogens with one attached hydrogen (secondary N) is 2. The predicted octanol–water partition coefficient (Wildman–Crippen LogP) is 2.68. The van der Waals surface area contributed by atoms with Crippen LogP contribution < -0.4 is 16.4 Å². The molecule has 4 N–H and O–H groups in total. The SMILES string of the molecule is CC.N/C(=C\NC1=CC=C(N2CCOCC2)C(F)=CC1)CNC(=O)C(Cl)Cl. The summed E-state index contributed by atoms with van der Waals surface area (Å²) in [5, 5.41) is 5.50. The lowest BCUT2D eigenvalue weighted by atomic mass is 10.2. The molecule has 1 aliphatic carbocycles. The van der Waals surface area contributed by atoms with Gasteiger partial charge in [-0.3, -0.25) is 4.79 Å². The number of nitrogens with two attached hydrogens (primary N) is 1. The molecule has 0 aromatic rings. The molecule has 1 amide bonds. The van der Waals surface area contributed by atoms with Crippen molar-refractivity contribution >= 4 is 29.1 Å². The Morgan fingerprint density at radius 1 is 1.37 bits per heavy atom. The van der Waals surface area contributed by atoms with Crippen LogP contribution in [0, 0.1) is 0 Å². The molecule has 0 aromatic heterocycles. The number of halogens is 3. The lowest BCUT2D eigenvalue weighted by Crippen LogP contribution is -2.35. The molecule has 9 heteroatoms. The Hall–Kier alpha value is -1.70. The van der Waals surface area contributed by atoms with Gasteiger partial charge in [0, 0.05) is 37.1 Å². The van der Waals surface area contributed by atoms with Gasteiger partial charge in [-0.2, -0.15) is 0 Å². The Bertz CT molecular complexity index is 612. The van der Waals surface area contributed by atoms with Gasteiger partial charge in [-0.25, -0.2) is 4.39 Å². The molecular formula is C18H27Cl2FN4O2. The molecule has 0 saturated carbocycles. The number of amides is 1. The van der Waals surface area contributed by atoms with Crippen LogP contribution in [0.2, 0.25) is 0 Å². The van der Waals surface area contributed by atoms with E-state index in [0.29, 0.717) is 44.1 Å². The van der Waals surface area contributed by atoms with E-state index in [1.807, 2.05) is 24.8 Å². The van der Waals surface area contributed by atoms with E-state index in [4.69, 9.17) is 33.7 Å². The lowest BCUT2D eigenvalue weighted by molar-refractivity contribution is -0.119. The van der Waals surface area contributed by atoms with Crippen LogP contribution >= 0.6 is 23.2 Å². The Morgan fingerprint density at radius 3 is 2.67 bits per heavy atom. The van der Waals surface area contributed by atoms with Gasteiger partial charge in [0.25, 0.3) is 5.91 Å². The van der Waals surface area contributed by atoms with Crippen molar-refractivity contribution in [2.24, 2.45) is 5.73 Å². The van der Waals surface area contributed by atoms with Crippen molar-refractivity contribution < 1.29 is 13.9 Å². The van der Waals surface area contributed by atoms with Crippen molar-refractivity contribution in [2.45, 2.75) is 25.1 Å². The molecule has 2 rings (SSSR count). The lowest BCUT2D eigenvalue weighted by Gasteiger charge is -2.30. The normalized spacial score (nSPS) is 17.8. The van der Waals surface area contributed by atoms with E-state index in [-0.39, 0.29) is 12.4 Å². The average Bonchev–Trinajstić information content (AvgIpc) is 2.88. The van der Waals surface area contributed by atoms with Gasteiger partial charge in [-0.1, -0.05) is 37.0 Å². The Labute approximate surface area is 169 Å². The molecule has 0 atom stereocenters. The van der Waals surface area contributed by atoms with Gasteiger partial charge >= 0.3 is 0 Å². The number of allylic oxidation sites excluding steroid dienone is 4. The largest absolute Gasteiger partial charge is 0.399 e. The van der Waals surface area contributed by atoms with Crippen molar-refractivity contribution in [1.29, 1.82) is 0 Å². The van der Waals surface area contributed by atoms with Crippen LogP contribution in [-0.4, -0.2) is 48.5 Å². The van der Waals surface area contributed by atoms with E-state index in [1.165, 1.54) is 6.08 Å². The monoisotopic (exact) mass is 420 g/mol. The average molecular weight is 421 g/mol. The predicted molar refractivity (Wildman–Crippen MR) is 108 cm³/mol. The third kappa shape index (κ3) is 8.24. The zero-order valence-corrected chi connectivity index (χ0v) is 17.1. The number of nitrogens with zero attached hydrogens (tertiary/aromatic N) is 1. The maximum atomic E-state index is 14.3. The number of morpholine rings is 1. The maximum absolute atomic E-state index is 14.3. The highest BCUT2D eigenvalue weighted by molar-refractivity contribution is 6.53. The number of hydrogen-bond donors (Lipinski definition) is 3. The highest BCUT2D eigenvalue weighted by atomic mass is 35.5. The molecule has 0 radical (unpaired) electrons. The quantitative estimate of drug-likeness (QED) is 0.575. The molecular weight excluding hydrogens is 394 g/mol. The topological polar surface area (TPSA) is 79.6 Å². The molecule has 2 aliphatic rings. The first-order valence-corrected chi connectivity index (χ1v) is 9.71. The molecule has 0 unspecified atom stereocenters. The van der Waals surface area contributed by atoms with Crippen molar-refractivity contribution in [2.75, 3.05) is 32.8 Å². The Morgan fingerprint density at radius 2 is 2.04 bits per heavy atom. The van der Waals surface area contributed by atoms with Gasteiger partial charge in [-0.05, 0) is 18.2 Å². The van der Waals surface area contributed by atoms with Crippen LogP contribution in [0.15, 0.2) is 47.3 Å². The van der Waals surface area contributed by atoms with Gasteiger partial charge in [0.05, 0.1) is 25.5 Å². The van der Waals surface area contributed by atoms with Gasteiger partial charge < -0.3 is 26.0 Å². The molecule has 1 aliphatic heterocycles. The first-order chi connectivity index (χ1) is 13.0. The second kappa shape index (κ2) is 12.6. The zero-order valence-electron chi connectivity index (χ0n) is 15.6. The molecule has 152 valence electrons. The number of alkyl halides is 2.